The Morgan fingerprint density at radius 2 is 0.794 bits per heavy atom. The highest BCUT2D eigenvalue weighted by molar-refractivity contribution is 7.86. The number of fused-ring (bicyclic) bond motifs is 4. The van der Waals surface area contributed by atoms with Crippen LogP contribution in [0.3, 0.4) is 0 Å². The maximum absolute atomic E-state index is 12.4. The first-order valence-corrected chi connectivity index (χ1v) is 47.1. The fraction of sp³-hybridized carbons (Fsp3) is 0.449. The third-order valence-electron chi connectivity index (χ3n) is 23.6. The van der Waals surface area contributed by atoms with E-state index in [0.717, 1.165) is 80.7 Å². The van der Waals surface area contributed by atoms with Gasteiger partial charge in [-0.1, -0.05) is 99.5 Å². The summed E-state index contributed by atoms with van der Waals surface area (Å²) >= 11 is 0. The van der Waals surface area contributed by atoms with Crippen molar-refractivity contribution in [2.75, 3.05) is 128 Å². The van der Waals surface area contributed by atoms with E-state index in [1.807, 2.05) is 76.3 Å². The molecule has 0 aliphatic carbocycles. The van der Waals surface area contributed by atoms with Gasteiger partial charge in [-0.3, -0.25) is 43.7 Å². The summed E-state index contributed by atoms with van der Waals surface area (Å²) in [4.78, 5) is 77.1. The summed E-state index contributed by atoms with van der Waals surface area (Å²) in [6.45, 7) is 30.3. The van der Waals surface area contributed by atoms with Crippen molar-refractivity contribution in [3.05, 3.63) is 258 Å². The zero-order chi connectivity index (χ0) is 94.7. The number of hydroxylamine groups is 2. The van der Waals surface area contributed by atoms with Crippen molar-refractivity contribution in [3.8, 4) is 0 Å². The van der Waals surface area contributed by atoms with Gasteiger partial charge in [0.25, 0.3) is 43.4 Å². The highest BCUT2D eigenvalue weighted by Gasteiger charge is 2.48. The van der Waals surface area contributed by atoms with Crippen LogP contribution in [0.2, 0.25) is 0 Å². The number of carboxylic acids is 1. The Morgan fingerprint density at radius 1 is 0.435 bits per heavy atom. The van der Waals surface area contributed by atoms with Crippen molar-refractivity contribution in [2.45, 2.75) is 178 Å². The van der Waals surface area contributed by atoms with Crippen molar-refractivity contribution < 1.29 is 112 Å². The lowest BCUT2D eigenvalue weighted by Crippen LogP contribution is -2.31. The summed E-state index contributed by atoms with van der Waals surface area (Å²) in [7, 11) is -8.83. The van der Waals surface area contributed by atoms with Crippen molar-refractivity contribution in [1.29, 1.82) is 0 Å². The molecule has 5 heterocycles. The molecule has 3 N–H and O–H groups in total. The Kier molecular flexibility index (Phi) is 37.0. The Hall–Kier alpha value is -10.9. The van der Waals surface area contributed by atoms with Gasteiger partial charge in [-0.25, -0.2) is 4.79 Å². The standard InChI is InChI=1S/C51H62N4O13S.C47H59N3O11S/c1-37-15-21-43-41(34-37)50(2,3)46(53(43)26-27-64-28-29-65-30-31-66-32-33-67-36-38-16-18-39(19-17-38)55(59)60)13-9-6-8-12-45-51(4,5)42-35-40(69(61,62)63)20-22-44(42)52(45)25-11-7-10-14-49(58)68-54-47(56)23-24-48(54)57;1-35-15-21-41-39(32-35)46(2,3)44(49(41)24-25-58-26-27-59-28-29-60-30-31-61-34-36-16-18-37(19-17-36)50(53)54)13-9-6-8-12-43-47(4,5)40-33-38(62(55,56)57)20-22-42(40)48(43)23-11-7-10-14-45(51)52/h6,8-9,12-13,15-22,34-35H,7,10-11,14,23-33,36H2,1-5H3;6,8-9,12-13,15-22,32-33H,7,10-11,14,23-31,34H2,1-5H3,(H-,51,52,55,56,57)/p+2. The van der Waals surface area contributed by atoms with Gasteiger partial charge < -0.3 is 57.6 Å². The van der Waals surface area contributed by atoms with Gasteiger partial charge >= 0.3 is 11.9 Å². The Morgan fingerprint density at radius 3 is 1.15 bits per heavy atom. The normalized spacial score (nSPS) is 16.6. The highest BCUT2D eigenvalue weighted by Crippen LogP contribution is 2.50. The van der Waals surface area contributed by atoms with Crippen LogP contribution in [-0.4, -0.2) is 209 Å². The summed E-state index contributed by atoms with van der Waals surface area (Å²) in [6, 6.07) is 34.9. The van der Waals surface area contributed by atoms with Gasteiger partial charge in [0.15, 0.2) is 11.4 Å². The molecule has 5 aliphatic heterocycles. The maximum atomic E-state index is 12.4. The van der Waals surface area contributed by atoms with Gasteiger partial charge in [0, 0.05) is 145 Å². The number of nitro groups is 2. The number of rotatable bonds is 51. The predicted molar refractivity (Wildman–Crippen MR) is 496 cm³/mol. The van der Waals surface area contributed by atoms with E-state index in [0.29, 0.717) is 163 Å². The van der Waals surface area contributed by atoms with Crippen LogP contribution in [0.1, 0.15) is 164 Å². The minimum Gasteiger partial charge on any atom is -0.481 e. The largest absolute Gasteiger partial charge is 0.481 e. The molecule has 1 saturated heterocycles. The second kappa shape index (κ2) is 47.4. The van der Waals surface area contributed by atoms with Gasteiger partial charge in [-0.15, -0.1) is 5.06 Å². The average molecular weight is 1850 g/mol. The van der Waals surface area contributed by atoms with Crippen molar-refractivity contribution in [1.82, 2.24) is 5.06 Å². The molecular weight excluding hydrogens is 1720 g/mol. The molecule has 0 bridgehead atoms. The molecular formula is C98H123N7O24S2+2. The lowest BCUT2D eigenvalue weighted by molar-refractivity contribution is -0.438. The minimum atomic E-state index is -4.44. The predicted octanol–water partition coefficient (Wildman–Crippen LogP) is 16.0. The summed E-state index contributed by atoms with van der Waals surface area (Å²) in [6.07, 6.45) is 24.4. The summed E-state index contributed by atoms with van der Waals surface area (Å²) < 4.78 is 118. The number of imide groups is 1. The molecule has 0 unspecified atom stereocenters. The van der Waals surface area contributed by atoms with Gasteiger partial charge in [0.1, 0.15) is 13.1 Å². The lowest BCUT2D eigenvalue weighted by atomic mass is 9.81. The smallest absolute Gasteiger partial charge is 0.333 e. The van der Waals surface area contributed by atoms with E-state index in [1.54, 1.807) is 42.5 Å². The van der Waals surface area contributed by atoms with Crippen molar-refractivity contribution in [2.24, 2.45) is 0 Å². The van der Waals surface area contributed by atoms with Crippen LogP contribution >= 0.6 is 0 Å². The molecule has 704 valence electrons. The monoisotopic (exact) mass is 1850 g/mol. The summed E-state index contributed by atoms with van der Waals surface area (Å²) in [5.41, 5.74) is 14.5. The van der Waals surface area contributed by atoms with Crippen LogP contribution in [0.15, 0.2) is 203 Å². The molecule has 0 aromatic heterocycles. The van der Waals surface area contributed by atoms with Gasteiger partial charge in [-0.2, -0.15) is 26.0 Å². The maximum Gasteiger partial charge on any atom is 0.333 e. The number of allylic oxidation sites excluding steroid dienone is 12. The summed E-state index contributed by atoms with van der Waals surface area (Å²) in [5, 5.41) is 31.2. The van der Waals surface area contributed by atoms with E-state index in [4.69, 9.17) is 47.8 Å². The van der Waals surface area contributed by atoms with Crippen LogP contribution in [0, 0.1) is 34.1 Å². The molecule has 11 rings (SSSR count). The number of nitro benzene ring substituents is 2. The number of hydrogen-bond acceptors (Lipinski definition) is 23. The number of carboxylic acid groups (broad SMARTS) is 1. The van der Waals surface area contributed by atoms with Crippen LogP contribution < -0.4 is 9.80 Å². The van der Waals surface area contributed by atoms with Gasteiger partial charge in [0.2, 0.25) is 11.4 Å². The molecule has 0 atom stereocenters. The number of carbonyl (C=O) groups is 4. The van der Waals surface area contributed by atoms with Crippen molar-refractivity contribution >= 4 is 89.5 Å². The first-order valence-electron chi connectivity index (χ1n) is 44.2. The van der Waals surface area contributed by atoms with E-state index in [-0.39, 0.29) is 57.7 Å². The number of carbonyl (C=O) groups excluding carboxylic acids is 3. The molecule has 1 fully saturated rings. The molecule has 31 nitrogen and oxygen atoms in total. The van der Waals surface area contributed by atoms with E-state index in [9.17, 15) is 65.3 Å². The number of aryl methyl sites for hydroxylation is 2. The summed E-state index contributed by atoms with van der Waals surface area (Å²) in [5.74, 6) is -2.49. The topological polar surface area (TPSA) is 382 Å². The third kappa shape index (κ3) is 27.9. The highest BCUT2D eigenvalue weighted by atomic mass is 32.2. The number of nitrogens with zero attached hydrogens (tertiary/aromatic N) is 7. The number of unbranched alkanes of at least 4 members (excludes halogenated alkanes) is 4. The number of amides is 2. The number of hydrogen-bond donors (Lipinski definition) is 3. The molecule has 131 heavy (non-hydrogen) atoms. The van der Waals surface area contributed by atoms with E-state index >= 15 is 0 Å². The second-order valence-corrected chi connectivity index (χ2v) is 37.3. The number of anilines is 2. The zero-order valence-electron chi connectivity index (χ0n) is 76.4. The number of benzene rings is 6. The van der Waals surface area contributed by atoms with E-state index < -0.39 is 64.7 Å². The SMILES string of the molecule is Cc1ccc2c(c1)C(C)(C)C(=CC=CC=CC1=[N+](CCCCCC(=O)O)c3ccc(S(=O)(=O)O)cc3C1(C)C)N2CCOCCOCCOCCOCc1ccc([N+](=O)[O-])cc1.Cc1ccc2c(c1)C(C)(C)C(=CC=CC=CC1=[N+](CCCCCC(=O)ON3C(=O)CCC3=O)c3ccc(S(=O)(=O)O)cc3C1(C)C)N2CCOCCOCCOCCOCc1ccc([N+](=O)[O-])cc1. The lowest BCUT2D eigenvalue weighted by Gasteiger charge is -2.27. The molecule has 33 heteroatoms. The Labute approximate surface area is 767 Å². The number of ether oxygens (including phenoxy) is 8. The van der Waals surface area contributed by atoms with Crippen molar-refractivity contribution in [3.63, 3.8) is 0 Å². The first kappa shape index (κ1) is 102. The molecule has 6 aromatic carbocycles. The number of non-ortho nitro benzene ring substituents is 2. The van der Waals surface area contributed by atoms with Crippen LogP contribution in [-0.2, 0) is 117 Å². The first-order chi connectivity index (χ1) is 62.4. The van der Waals surface area contributed by atoms with Gasteiger partial charge in [0.05, 0.1) is 136 Å². The Balaban J connectivity index is 0.000000274. The van der Waals surface area contributed by atoms with E-state index in [2.05, 4.69) is 109 Å². The fourth-order valence-corrected chi connectivity index (χ4v) is 17.6. The molecule has 2 amide bonds. The van der Waals surface area contributed by atoms with Gasteiger partial charge in [-0.05, 0) is 162 Å². The minimum absolute atomic E-state index is 0.0313. The molecule has 5 aliphatic rings. The van der Waals surface area contributed by atoms with Crippen LogP contribution in [0.4, 0.5) is 34.1 Å². The second-order valence-electron chi connectivity index (χ2n) is 34.5. The molecule has 0 radical (unpaired) electrons. The van der Waals surface area contributed by atoms with Crippen LogP contribution in [0.25, 0.3) is 0 Å². The Bertz CT molecular complexity index is 5540. The third-order valence-corrected chi connectivity index (χ3v) is 25.3. The molecule has 0 saturated carbocycles. The fourth-order valence-electron chi connectivity index (χ4n) is 16.6. The zero-order valence-corrected chi connectivity index (χ0v) is 78.0. The van der Waals surface area contributed by atoms with E-state index in [1.165, 1.54) is 64.7 Å². The molecule has 0 spiro atoms. The number of aliphatic carboxylic acids is 1. The average Bonchev–Trinajstić information content (AvgIpc) is 1.57. The quantitative estimate of drug-likeness (QED) is 0.00607. The van der Waals surface area contributed by atoms with Crippen LogP contribution in [0.5, 0.6) is 0 Å². The molecule has 6 aromatic rings.